The maximum atomic E-state index is 10.1. The van der Waals surface area contributed by atoms with E-state index in [-0.39, 0.29) is 6.10 Å². The van der Waals surface area contributed by atoms with E-state index >= 15 is 0 Å². The zero-order valence-electron chi connectivity index (χ0n) is 7.63. The summed E-state index contributed by atoms with van der Waals surface area (Å²) in [5.41, 5.74) is -0.561. The van der Waals surface area contributed by atoms with Gasteiger partial charge in [0.1, 0.15) is 0 Å². The number of aliphatic hydroxyl groups is 1. The fraction of sp³-hybridized carbons (Fsp3) is 1.00. The first-order valence-electron chi connectivity index (χ1n) is 4.36. The predicted octanol–water partition coefficient (Wildman–Crippen LogP) is 1.57. The van der Waals surface area contributed by atoms with Crippen LogP contribution < -0.4 is 0 Å². The van der Waals surface area contributed by atoms with Crippen molar-refractivity contribution < 1.29 is 9.84 Å². The lowest BCUT2D eigenvalue weighted by Gasteiger charge is -2.32. The van der Waals surface area contributed by atoms with E-state index in [1.807, 2.05) is 0 Å². The van der Waals surface area contributed by atoms with Gasteiger partial charge in [-0.3, -0.25) is 0 Å². The third kappa shape index (κ3) is 1.42. The van der Waals surface area contributed by atoms with Crippen molar-refractivity contribution in [3.8, 4) is 0 Å². The number of methoxy groups -OCH3 is 1. The van der Waals surface area contributed by atoms with Gasteiger partial charge in [-0.25, -0.2) is 0 Å². The molecular weight excluding hydrogens is 140 g/mol. The second-order valence-electron chi connectivity index (χ2n) is 3.76. The van der Waals surface area contributed by atoms with Crippen LogP contribution in [-0.2, 0) is 4.74 Å². The largest absolute Gasteiger partial charge is 0.387 e. The van der Waals surface area contributed by atoms with Crippen molar-refractivity contribution in [3.63, 3.8) is 0 Å². The third-order valence-corrected chi connectivity index (χ3v) is 2.89. The summed E-state index contributed by atoms with van der Waals surface area (Å²) in [5.74, 6) is 0.301. The highest BCUT2D eigenvalue weighted by Gasteiger charge is 2.43. The second kappa shape index (κ2) is 3.11. The number of hydrogen-bond donors (Lipinski definition) is 1. The molecule has 0 aromatic carbocycles. The molecule has 66 valence electrons. The Balaban J connectivity index is 2.67. The molecule has 0 aliphatic heterocycles. The summed E-state index contributed by atoms with van der Waals surface area (Å²) in [4.78, 5) is 0. The predicted molar refractivity (Wildman–Crippen MR) is 44.4 cm³/mol. The van der Waals surface area contributed by atoms with E-state index in [1.54, 1.807) is 7.11 Å². The Labute approximate surface area is 68.6 Å². The van der Waals surface area contributed by atoms with Crippen LogP contribution >= 0.6 is 0 Å². The van der Waals surface area contributed by atoms with Gasteiger partial charge >= 0.3 is 0 Å². The standard InChI is InChI=1S/C9H18O2/c1-7(2)9(10)6-4-5-8(9)11-3/h7-8,10H,4-6H2,1-3H3. The van der Waals surface area contributed by atoms with Crippen molar-refractivity contribution >= 4 is 0 Å². The molecule has 0 aromatic rings. The third-order valence-electron chi connectivity index (χ3n) is 2.89. The molecule has 1 N–H and O–H groups in total. The number of rotatable bonds is 2. The molecule has 1 saturated carbocycles. The summed E-state index contributed by atoms with van der Waals surface area (Å²) in [7, 11) is 1.68. The lowest BCUT2D eigenvalue weighted by molar-refractivity contribution is -0.101. The van der Waals surface area contributed by atoms with Gasteiger partial charge in [0.25, 0.3) is 0 Å². The quantitative estimate of drug-likeness (QED) is 0.661. The minimum absolute atomic E-state index is 0.0579. The Hall–Kier alpha value is -0.0800. The Kier molecular flexibility index (Phi) is 2.55. The van der Waals surface area contributed by atoms with Crippen LogP contribution in [0.25, 0.3) is 0 Å². The van der Waals surface area contributed by atoms with Gasteiger partial charge in [-0.15, -0.1) is 0 Å². The maximum Gasteiger partial charge on any atom is 0.0930 e. The molecule has 1 fully saturated rings. The maximum absolute atomic E-state index is 10.1. The lowest BCUT2D eigenvalue weighted by atomic mass is 9.87. The van der Waals surface area contributed by atoms with E-state index in [4.69, 9.17) is 4.74 Å². The van der Waals surface area contributed by atoms with E-state index in [2.05, 4.69) is 13.8 Å². The summed E-state index contributed by atoms with van der Waals surface area (Å²) in [6.45, 7) is 4.11. The van der Waals surface area contributed by atoms with Gasteiger partial charge in [-0.2, -0.15) is 0 Å². The molecule has 0 spiro atoms. The Bertz CT molecular complexity index is 134. The normalized spacial score (nSPS) is 38.5. The summed E-state index contributed by atoms with van der Waals surface area (Å²) >= 11 is 0. The van der Waals surface area contributed by atoms with Crippen LogP contribution in [0.3, 0.4) is 0 Å². The molecule has 1 aliphatic carbocycles. The van der Waals surface area contributed by atoms with Crippen LogP contribution in [0.15, 0.2) is 0 Å². The molecular formula is C9H18O2. The van der Waals surface area contributed by atoms with Crippen LogP contribution in [0.1, 0.15) is 33.1 Å². The van der Waals surface area contributed by atoms with Gasteiger partial charge in [0.15, 0.2) is 0 Å². The van der Waals surface area contributed by atoms with E-state index < -0.39 is 5.60 Å². The number of ether oxygens (including phenoxy) is 1. The molecule has 0 aromatic heterocycles. The molecule has 2 heteroatoms. The van der Waals surface area contributed by atoms with Gasteiger partial charge in [0.05, 0.1) is 11.7 Å². The summed E-state index contributed by atoms with van der Waals surface area (Å²) in [5, 5.41) is 10.1. The monoisotopic (exact) mass is 158 g/mol. The molecule has 11 heavy (non-hydrogen) atoms. The Morgan fingerprint density at radius 2 is 2.18 bits per heavy atom. The molecule has 0 bridgehead atoms. The van der Waals surface area contributed by atoms with Crippen LogP contribution in [0.4, 0.5) is 0 Å². The molecule has 2 nitrogen and oxygen atoms in total. The van der Waals surface area contributed by atoms with Gasteiger partial charge in [0.2, 0.25) is 0 Å². The second-order valence-corrected chi connectivity index (χ2v) is 3.76. The van der Waals surface area contributed by atoms with Crippen molar-refractivity contribution in [1.82, 2.24) is 0 Å². The topological polar surface area (TPSA) is 29.5 Å². The average Bonchev–Trinajstić information content (AvgIpc) is 2.32. The zero-order chi connectivity index (χ0) is 8.48. The van der Waals surface area contributed by atoms with Crippen molar-refractivity contribution in [2.45, 2.75) is 44.8 Å². The van der Waals surface area contributed by atoms with E-state index in [0.717, 1.165) is 19.3 Å². The van der Waals surface area contributed by atoms with Crippen LogP contribution in [-0.4, -0.2) is 23.9 Å². The molecule has 1 rings (SSSR count). The lowest BCUT2D eigenvalue weighted by Crippen LogP contribution is -2.43. The molecule has 2 atom stereocenters. The van der Waals surface area contributed by atoms with Crippen molar-refractivity contribution in [2.75, 3.05) is 7.11 Å². The van der Waals surface area contributed by atoms with Crippen molar-refractivity contribution in [1.29, 1.82) is 0 Å². The molecule has 0 saturated heterocycles. The average molecular weight is 158 g/mol. The molecule has 0 radical (unpaired) electrons. The first-order valence-corrected chi connectivity index (χ1v) is 4.36. The first kappa shape index (κ1) is 9.01. The van der Waals surface area contributed by atoms with Crippen molar-refractivity contribution in [3.05, 3.63) is 0 Å². The van der Waals surface area contributed by atoms with Gasteiger partial charge in [0, 0.05) is 7.11 Å². The Morgan fingerprint density at radius 1 is 1.55 bits per heavy atom. The molecule has 0 heterocycles. The highest BCUT2D eigenvalue weighted by molar-refractivity contribution is 4.95. The highest BCUT2D eigenvalue weighted by atomic mass is 16.5. The van der Waals surface area contributed by atoms with Gasteiger partial charge in [-0.1, -0.05) is 13.8 Å². The zero-order valence-corrected chi connectivity index (χ0v) is 7.63. The highest BCUT2D eigenvalue weighted by Crippen LogP contribution is 2.37. The van der Waals surface area contributed by atoms with Crippen LogP contribution in [0.2, 0.25) is 0 Å². The van der Waals surface area contributed by atoms with Gasteiger partial charge in [-0.05, 0) is 25.2 Å². The fourth-order valence-corrected chi connectivity index (χ4v) is 1.96. The van der Waals surface area contributed by atoms with E-state index in [9.17, 15) is 5.11 Å². The van der Waals surface area contributed by atoms with Crippen LogP contribution in [0.5, 0.6) is 0 Å². The minimum atomic E-state index is -0.561. The van der Waals surface area contributed by atoms with E-state index in [0.29, 0.717) is 5.92 Å². The minimum Gasteiger partial charge on any atom is -0.387 e. The fourth-order valence-electron chi connectivity index (χ4n) is 1.96. The summed E-state index contributed by atoms with van der Waals surface area (Å²) in [6.07, 6.45) is 3.05. The summed E-state index contributed by atoms with van der Waals surface area (Å²) < 4.78 is 5.24. The smallest absolute Gasteiger partial charge is 0.0930 e. The summed E-state index contributed by atoms with van der Waals surface area (Å²) in [6, 6.07) is 0. The molecule has 0 amide bonds. The Morgan fingerprint density at radius 3 is 2.55 bits per heavy atom. The van der Waals surface area contributed by atoms with Crippen LogP contribution in [0, 0.1) is 5.92 Å². The van der Waals surface area contributed by atoms with E-state index in [1.165, 1.54) is 0 Å². The molecule has 1 aliphatic rings. The molecule has 2 unspecified atom stereocenters. The van der Waals surface area contributed by atoms with Gasteiger partial charge < -0.3 is 9.84 Å². The van der Waals surface area contributed by atoms with Crippen molar-refractivity contribution in [2.24, 2.45) is 5.92 Å². The SMILES string of the molecule is COC1CCCC1(O)C(C)C. The first-order chi connectivity index (χ1) is 5.11. The number of hydrogen-bond acceptors (Lipinski definition) is 2.